The van der Waals surface area contributed by atoms with E-state index in [2.05, 4.69) is 40.1 Å². The fraction of sp³-hybridized carbons (Fsp3) is 0.478. The minimum Gasteiger partial charge on any atom is -0.493 e. The number of carbonyl (C=O) groups excluding carboxylic acids is 1. The van der Waals surface area contributed by atoms with Gasteiger partial charge in [-0.25, -0.2) is 0 Å². The Labute approximate surface area is 186 Å². The number of ether oxygens (including phenoxy) is 2. The number of methoxy groups -OCH3 is 2. The van der Waals surface area contributed by atoms with Crippen molar-refractivity contribution in [3.8, 4) is 17.6 Å². The summed E-state index contributed by atoms with van der Waals surface area (Å²) < 4.78 is 10.7. The van der Waals surface area contributed by atoms with Gasteiger partial charge in [0.25, 0.3) is 5.56 Å². The topological polar surface area (TPSA) is 120 Å². The Morgan fingerprint density at radius 1 is 1.12 bits per heavy atom. The minimum atomic E-state index is -1.08. The second-order valence-corrected chi connectivity index (χ2v) is 8.69. The SMILES string of the molecule is COc1ccc(C2c3c(nc(N4CC(C)CC(C)C4)[nH]c3=O)NC(=O)C2C#N)cc1OC. The number of nitrogens with one attached hydrogen (secondary N) is 2. The lowest BCUT2D eigenvalue weighted by atomic mass is 9.79. The largest absolute Gasteiger partial charge is 0.493 e. The molecule has 1 saturated heterocycles. The Hall–Kier alpha value is -3.54. The number of amides is 1. The molecule has 1 amide bonds. The highest BCUT2D eigenvalue weighted by Crippen LogP contribution is 2.41. The molecule has 1 aromatic heterocycles. The molecule has 4 atom stereocenters. The van der Waals surface area contributed by atoms with E-state index in [0.717, 1.165) is 19.5 Å². The monoisotopic (exact) mass is 437 g/mol. The van der Waals surface area contributed by atoms with Gasteiger partial charge in [-0.2, -0.15) is 10.2 Å². The molecule has 2 N–H and O–H groups in total. The molecule has 168 valence electrons. The molecular weight excluding hydrogens is 410 g/mol. The minimum absolute atomic E-state index is 0.200. The summed E-state index contributed by atoms with van der Waals surface area (Å²) in [5.41, 5.74) is 0.506. The number of nitrogens with zero attached hydrogens (tertiary/aromatic N) is 3. The van der Waals surface area contributed by atoms with Crippen LogP contribution in [-0.4, -0.2) is 43.2 Å². The molecule has 9 heteroatoms. The quantitative estimate of drug-likeness (QED) is 0.754. The third kappa shape index (κ3) is 3.77. The maximum atomic E-state index is 13.3. The smallest absolute Gasteiger partial charge is 0.258 e. The molecule has 0 spiro atoms. The summed E-state index contributed by atoms with van der Waals surface area (Å²) in [5, 5.41) is 12.4. The molecule has 0 saturated carbocycles. The molecule has 1 aromatic carbocycles. The van der Waals surface area contributed by atoms with E-state index in [9.17, 15) is 14.9 Å². The highest BCUT2D eigenvalue weighted by atomic mass is 16.5. The second-order valence-electron chi connectivity index (χ2n) is 8.69. The summed E-state index contributed by atoms with van der Waals surface area (Å²) in [6, 6.07) is 7.17. The van der Waals surface area contributed by atoms with E-state index in [-0.39, 0.29) is 16.9 Å². The van der Waals surface area contributed by atoms with Gasteiger partial charge in [-0.15, -0.1) is 0 Å². The Morgan fingerprint density at radius 3 is 2.44 bits per heavy atom. The van der Waals surface area contributed by atoms with Crippen molar-refractivity contribution in [2.75, 3.05) is 37.5 Å². The van der Waals surface area contributed by atoms with Gasteiger partial charge < -0.3 is 19.7 Å². The van der Waals surface area contributed by atoms with E-state index in [1.807, 2.05) is 0 Å². The van der Waals surface area contributed by atoms with E-state index in [1.54, 1.807) is 18.2 Å². The van der Waals surface area contributed by atoms with Gasteiger partial charge in [-0.1, -0.05) is 19.9 Å². The van der Waals surface area contributed by atoms with Crippen molar-refractivity contribution in [1.82, 2.24) is 9.97 Å². The summed E-state index contributed by atoms with van der Waals surface area (Å²) in [6.45, 7) is 5.90. The molecule has 2 aromatic rings. The van der Waals surface area contributed by atoms with E-state index in [4.69, 9.17) is 9.47 Å². The number of piperidine rings is 1. The van der Waals surface area contributed by atoms with Crippen LogP contribution in [0.2, 0.25) is 0 Å². The summed E-state index contributed by atoms with van der Waals surface area (Å²) in [6.07, 6.45) is 1.12. The summed E-state index contributed by atoms with van der Waals surface area (Å²) in [5.74, 6) is 0.197. The van der Waals surface area contributed by atoms with Gasteiger partial charge in [-0.05, 0) is 36.0 Å². The molecule has 0 radical (unpaired) electrons. The maximum Gasteiger partial charge on any atom is 0.258 e. The van der Waals surface area contributed by atoms with Crippen LogP contribution < -0.4 is 25.2 Å². The van der Waals surface area contributed by atoms with Gasteiger partial charge in [0.1, 0.15) is 11.7 Å². The number of rotatable bonds is 4. The molecule has 2 aliphatic rings. The van der Waals surface area contributed by atoms with E-state index < -0.39 is 17.7 Å². The number of H-pyrrole nitrogens is 1. The number of fused-ring (bicyclic) bond motifs is 1. The van der Waals surface area contributed by atoms with Crippen LogP contribution in [0.15, 0.2) is 23.0 Å². The molecule has 32 heavy (non-hydrogen) atoms. The number of aromatic amines is 1. The number of hydrogen-bond donors (Lipinski definition) is 2. The van der Waals surface area contributed by atoms with E-state index >= 15 is 0 Å². The standard InChI is InChI=1S/C23H27N5O4/c1-12-7-13(2)11-28(10-12)23-26-20-19(22(30)27-23)18(15(9-24)21(29)25-20)14-5-6-16(31-3)17(8-14)32-4/h5-6,8,12-13,15,18H,7,10-11H2,1-4H3,(H2,25,26,27,29,30). The van der Waals surface area contributed by atoms with Crippen molar-refractivity contribution < 1.29 is 14.3 Å². The highest BCUT2D eigenvalue weighted by molar-refractivity contribution is 5.98. The van der Waals surface area contributed by atoms with Crippen molar-refractivity contribution in [1.29, 1.82) is 5.26 Å². The molecule has 0 aliphatic carbocycles. The van der Waals surface area contributed by atoms with Crippen LogP contribution in [0.3, 0.4) is 0 Å². The zero-order valence-corrected chi connectivity index (χ0v) is 18.6. The number of carbonyl (C=O) groups is 1. The summed E-state index contributed by atoms with van der Waals surface area (Å²) >= 11 is 0. The van der Waals surface area contributed by atoms with Gasteiger partial charge in [-0.3, -0.25) is 14.6 Å². The number of anilines is 2. The van der Waals surface area contributed by atoms with Crippen LogP contribution in [-0.2, 0) is 4.79 Å². The first kappa shape index (κ1) is 21.7. The first-order valence-electron chi connectivity index (χ1n) is 10.7. The summed E-state index contributed by atoms with van der Waals surface area (Å²) in [4.78, 5) is 35.6. The third-order valence-corrected chi connectivity index (χ3v) is 6.19. The van der Waals surface area contributed by atoms with Gasteiger partial charge >= 0.3 is 0 Å². The molecule has 0 bridgehead atoms. The van der Waals surface area contributed by atoms with Crippen LogP contribution in [0.5, 0.6) is 11.5 Å². The van der Waals surface area contributed by atoms with Crippen LogP contribution in [0.25, 0.3) is 0 Å². The van der Waals surface area contributed by atoms with Gasteiger partial charge in [0.05, 0.1) is 25.9 Å². The lowest BCUT2D eigenvalue weighted by molar-refractivity contribution is -0.119. The lowest BCUT2D eigenvalue weighted by Crippen LogP contribution is -2.42. The van der Waals surface area contributed by atoms with Crippen LogP contribution in [0.1, 0.15) is 37.3 Å². The predicted octanol–water partition coefficient (Wildman–Crippen LogP) is 2.49. The van der Waals surface area contributed by atoms with Gasteiger partial charge in [0.15, 0.2) is 11.5 Å². The first-order chi connectivity index (χ1) is 15.4. The van der Waals surface area contributed by atoms with Crippen molar-refractivity contribution in [2.24, 2.45) is 17.8 Å². The van der Waals surface area contributed by atoms with Crippen LogP contribution in [0, 0.1) is 29.1 Å². The molecular formula is C23H27N5O4. The van der Waals surface area contributed by atoms with Crippen LogP contribution in [0.4, 0.5) is 11.8 Å². The Kier molecular flexibility index (Phi) is 5.78. The number of hydrogen-bond acceptors (Lipinski definition) is 7. The van der Waals surface area contributed by atoms with Gasteiger partial charge in [0, 0.05) is 19.0 Å². The van der Waals surface area contributed by atoms with Crippen molar-refractivity contribution in [3.05, 3.63) is 39.7 Å². The fourth-order valence-corrected chi connectivity index (χ4v) is 4.89. The summed E-state index contributed by atoms with van der Waals surface area (Å²) in [7, 11) is 3.03. The zero-order valence-electron chi connectivity index (χ0n) is 18.6. The van der Waals surface area contributed by atoms with E-state index in [0.29, 0.717) is 34.8 Å². The average Bonchev–Trinajstić information content (AvgIpc) is 2.76. The molecule has 3 heterocycles. The molecule has 4 rings (SSSR count). The first-order valence-corrected chi connectivity index (χ1v) is 10.7. The molecule has 9 nitrogen and oxygen atoms in total. The lowest BCUT2D eigenvalue weighted by Gasteiger charge is -2.36. The van der Waals surface area contributed by atoms with Crippen molar-refractivity contribution in [3.63, 3.8) is 0 Å². The molecule has 2 aliphatic heterocycles. The predicted molar refractivity (Wildman–Crippen MR) is 119 cm³/mol. The Morgan fingerprint density at radius 2 is 1.81 bits per heavy atom. The maximum absolute atomic E-state index is 13.3. The van der Waals surface area contributed by atoms with Crippen molar-refractivity contribution >= 4 is 17.7 Å². The molecule has 1 fully saturated rings. The zero-order chi connectivity index (χ0) is 23.0. The van der Waals surface area contributed by atoms with E-state index in [1.165, 1.54) is 14.2 Å². The second kappa shape index (κ2) is 8.54. The molecule has 4 unspecified atom stereocenters. The number of benzene rings is 1. The fourth-order valence-electron chi connectivity index (χ4n) is 4.89. The normalized spacial score (nSPS) is 24.8. The van der Waals surface area contributed by atoms with Gasteiger partial charge in [0.2, 0.25) is 11.9 Å². The van der Waals surface area contributed by atoms with Crippen LogP contribution >= 0.6 is 0 Å². The number of aromatic nitrogens is 2. The number of nitriles is 1. The average molecular weight is 438 g/mol. The Balaban J connectivity index is 1.83. The Bertz CT molecular complexity index is 1130. The van der Waals surface area contributed by atoms with Crippen molar-refractivity contribution in [2.45, 2.75) is 26.2 Å². The highest BCUT2D eigenvalue weighted by Gasteiger charge is 2.41. The third-order valence-electron chi connectivity index (χ3n) is 6.19.